The molecule has 2 aromatic heterocycles. The fourth-order valence-electron chi connectivity index (χ4n) is 9.42. The Balaban J connectivity index is 0.897. The van der Waals surface area contributed by atoms with Crippen LogP contribution in [0.15, 0.2) is 152 Å². The Kier molecular flexibility index (Phi) is 13.0. The van der Waals surface area contributed by atoms with Crippen LogP contribution in [0.1, 0.15) is 84.2 Å². The first-order chi connectivity index (χ1) is 32.3. The number of alkyl carbamates (subject to hydrolysis) is 2. The van der Waals surface area contributed by atoms with Gasteiger partial charge >= 0.3 is 12.2 Å². The quantitative estimate of drug-likeness (QED) is 0.0756. The highest BCUT2D eigenvalue weighted by Gasteiger charge is 2.44. The number of nitrogens with one attached hydrogen (secondary N) is 4. The van der Waals surface area contributed by atoms with Gasteiger partial charge in [-0.3, -0.25) is 9.69 Å². The Bertz CT molecular complexity index is 2730. The summed E-state index contributed by atoms with van der Waals surface area (Å²) in [5.41, 5.74) is 8.21. The number of methoxy groups -OCH3 is 2. The van der Waals surface area contributed by atoms with Gasteiger partial charge in [0, 0.05) is 12.6 Å². The highest BCUT2D eigenvalue weighted by molar-refractivity contribution is 5.87. The third-order valence-electron chi connectivity index (χ3n) is 12.7. The second-order valence-electron chi connectivity index (χ2n) is 16.6. The molecule has 2 fully saturated rings. The number of carbonyl (C=O) groups is 3. The van der Waals surface area contributed by atoms with E-state index in [-0.39, 0.29) is 24.0 Å². The number of rotatable bonds is 13. The minimum absolute atomic E-state index is 0.129. The Morgan fingerprint density at radius 2 is 1.09 bits per heavy atom. The van der Waals surface area contributed by atoms with Gasteiger partial charge < -0.3 is 40.1 Å². The van der Waals surface area contributed by atoms with Crippen LogP contribution in [-0.4, -0.2) is 79.9 Å². The van der Waals surface area contributed by atoms with Crippen molar-refractivity contribution < 1.29 is 29.0 Å². The minimum Gasteiger partial charge on any atom is -0.453 e. The average Bonchev–Trinajstić information content (AvgIpc) is 4.23. The summed E-state index contributed by atoms with van der Waals surface area (Å²) in [4.78, 5) is 59.3. The normalized spacial score (nSPS) is 18.6. The summed E-state index contributed by atoms with van der Waals surface area (Å²) >= 11 is 0. The molecule has 336 valence electrons. The van der Waals surface area contributed by atoms with E-state index in [4.69, 9.17) is 19.4 Å². The number of imidazole rings is 2. The van der Waals surface area contributed by atoms with E-state index in [0.29, 0.717) is 17.9 Å². The molecule has 2 aliphatic heterocycles. The zero-order valence-corrected chi connectivity index (χ0v) is 36.7. The Morgan fingerprint density at radius 3 is 1.65 bits per heavy atom. The lowest BCUT2D eigenvalue weighted by molar-refractivity contribution is -0.134. The van der Waals surface area contributed by atoms with E-state index in [9.17, 15) is 19.5 Å². The summed E-state index contributed by atoms with van der Waals surface area (Å²) in [5, 5.41) is 17.8. The van der Waals surface area contributed by atoms with E-state index in [0.717, 1.165) is 76.3 Å². The number of hydrogen-bond donors (Lipinski definition) is 5. The molecule has 7 aromatic rings. The van der Waals surface area contributed by atoms with Crippen molar-refractivity contribution in [2.24, 2.45) is 0 Å². The molecular formula is C52H52N8O6. The van der Waals surface area contributed by atoms with Crippen molar-refractivity contribution in [1.82, 2.24) is 40.4 Å². The highest BCUT2D eigenvalue weighted by Crippen LogP contribution is 2.46. The van der Waals surface area contributed by atoms with Crippen LogP contribution >= 0.6 is 0 Å². The number of amides is 3. The Morgan fingerprint density at radius 1 is 0.606 bits per heavy atom. The standard InChI is InChI=1S/C52H52N8O6/c1-65-51(63)57-45(38-15-8-4-9-16-38)49(61)59-30-12-19-43(59)47-53-31-40(55-47)35-24-20-33(21-25-35)34-22-26-36(27-23-34)41-32-54-48(56-41)44-29-28-42(37-13-6-3-7-14-37)60(44)50(62)46(58-52(64)66-2)39-17-10-5-11-18-39/h3-11,13-18,20-27,31-32,42-46,50,62H,12,19,28-30H2,1-2H3,(H,53,55)(H,54,56)(H,57,63)(H,58,64)/t42-,43?,44+,45-,46-,50?/m1/s1. The maximum atomic E-state index is 14.0. The van der Waals surface area contributed by atoms with Gasteiger partial charge in [0.25, 0.3) is 5.91 Å². The van der Waals surface area contributed by atoms with Gasteiger partial charge in [-0.25, -0.2) is 19.6 Å². The summed E-state index contributed by atoms with van der Waals surface area (Å²) < 4.78 is 9.82. The number of carbonyl (C=O) groups excluding carboxylic acids is 3. The minimum atomic E-state index is -1.11. The van der Waals surface area contributed by atoms with E-state index >= 15 is 0 Å². The number of H-pyrrole nitrogens is 2. The smallest absolute Gasteiger partial charge is 0.407 e. The third kappa shape index (κ3) is 9.19. The lowest BCUT2D eigenvalue weighted by Crippen LogP contribution is -2.47. The maximum absolute atomic E-state index is 14.0. The SMILES string of the molecule is COC(=O)N[C@H](c1ccccc1)C(O)N1[C@@H](c2ccccc2)CC[C@H]1c1ncc(-c2ccc(-c3ccc(-c4cnc(C5CCCN5C(=O)[C@H](NC(=O)OC)c5ccccc5)[nH]4)cc3)cc2)[nH]1. The topological polar surface area (TPSA) is 178 Å². The van der Waals surface area contributed by atoms with Crippen molar-refractivity contribution in [3.8, 4) is 33.6 Å². The molecule has 0 aliphatic carbocycles. The summed E-state index contributed by atoms with van der Waals surface area (Å²) in [7, 11) is 2.60. The first-order valence-electron chi connectivity index (χ1n) is 22.2. The predicted octanol–water partition coefficient (Wildman–Crippen LogP) is 9.19. The monoisotopic (exact) mass is 884 g/mol. The molecule has 3 amide bonds. The van der Waals surface area contributed by atoms with Crippen LogP contribution in [0.4, 0.5) is 9.59 Å². The molecule has 5 N–H and O–H groups in total. The number of aliphatic hydroxyl groups excluding tert-OH is 1. The molecule has 0 saturated carbocycles. The molecule has 14 nitrogen and oxygen atoms in total. The van der Waals surface area contributed by atoms with Crippen molar-refractivity contribution in [2.45, 2.75) is 62.1 Å². The number of aromatic amines is 2. The van der Waals surface area contributed by atoms with Crippen LogP contribution in [0.3, 0.4) is 0 Å². The Labute approximate surface area is 383 Å². The Hall–Kier alpha value is -7.55. The largest absolute Gasteiger partial charge is 0.453 e. The molecule has 66 heavy (non-hydrogen) atoms. The van der Waals surface area contributed by atoms with E-state index < -0.39 is 30.5 Å². The molecule has 0 radical (unpaired) electrons. The summed E-state index contributed by atoms with van der Waals surface area (Å²) in [5.74, 6) is 1.21. The summed E-state index contributed by atoms with van der Waals surface area (Å²) in [6.07, 6.45) is 4.30. The number of aliphatic hydroxyl groups is 1. The fourth-order valence-corrected chi connectivity index (χ4v) is 9.42. The zero-order valence-electron chi connectivity index (χ0n) is 36.7. The van der Waals surface area contributed by atoms with Crippen LogP contribution in [0.25, 0.3) is 33.6 Å². The second-order valence-corrected chi connectivity index (χ2v) is 16.6. The molecule has 4 heterocycles. The highest BCUT2D eigenvalue weighted by atomic mass is 16.5. The number of likely N-dealkylation sites (tertiary alicyclic amines) is 2. The van der Waals surface area contributed by atoms with Crippen molar-refractivity contribution in [3.05, 3.63) is 180 Å². The molecule has 2 aliphatic rings. The number of benzene rings is 5. The van der Waals surface area contributed by atoms with Crippen molar-refractivity contribution >= 4 is 18.1 Å². The zero-order chi connectivity index (χ0) is 45.6. The lowest BCUT2D eigenvalue weighted by atomic mass is 10.0. The summed E-state index contributed by atoms with van der Waals surface area (Å²) in [6, 6.07) is 43.0. The average molecular weight is 885 g/mol. The molecule has 2 unspecified atom stereocenters. The van der Waals surface area contributed by atoms with Crippen LogP contribution < -0.4 is 10.6 Å². The van der Waals surface area contributed by atoms with Crippen LogP contribution in [-0.2, 0) is 14.3 Å². The molecular weight excluding hydrogens is 833 g/mol. The van der Waals surface area contributed by atoms with Crippen molar-refractivity contribution in [1.29, 1.82) is 0 Å². The van der Waals surface area contributed by atoms with E-state index in [1.165, 1.54) is 14.2 Å². The molecule has 2 saturated heterocycles. The van der Waals surface area contributed by atoms with Crippen LogP contribution in [0.2, 0.25) is 0 Å². The van der Waals surface area contributed by atoms with Crippen molar-refractivity contribution in [2.75, 3.05) is 20.8 Å². The second kappa shape index (κ2) is 19.7. The first kappa shape index (κ1) is 43.7. The molecule has 5 aromatic carbocycles. The molecule has 6 atom stereocenters. The first-order valence-corrected chi connectivity index (χ1v) is 22.2. The third-order valence-corrected chi connectivity index (χ3v) is 12.7. The molecule has 9 rings (SSSR count). The number of nitrogens with zero attached hydrogens (tertiary/aromatic N) is 4. The van der Waals surface area contributed by atoms with Crippen molar-refractivity contribution in [3.63, 3.8) is 0 Å². The number of hydrogen-bond acceptors (Lipinski definition) is 9. The lowest BCUT2D eigenvalue weighted by Gasteiger charge is -2.38. The van der Waals surface area contributed by atoms with Gasteiger partial charge in [0.2, 0.25) is 0 Å². The van der Waals surface area contributed by atoms with Gasteiger partial charge in [0.1, 0.15) is 23.9 Å². The number of ether oxygens (including phenoxy) is 2. The van der Waals surface area contributed by atoms with Gasteiger partial charge in [0.05, 0.1) is 56.1 Å². The van der Waals surface area contributed by atoms with E-state index in [1.807, 2.05) is 85.1 Å². The van der Waals surface area contributed by atoms with Gasteiger partial charge in [-0.15, -0.1) is 0 Å². The van der Waals surface area contributed by atoms with E-state index in [1.54, 1.807) is 11.1 Å². The summed E-state index contributed by atoms with van der Waals surface area (Å²) in [6.45, 7) is 0.548. The van der Waals surface area contributed by atoms with Gasteiger partial charge in [-0.1, -0.05) is 140 Å². The fraction of sp³-hybridized carbons (Fsp3) is 0.250. The van der Waals surface area contributed by atoms with Gasteiger partial charge in [-0.05, 0) is 64.6 Å². The molecule has 14 heteroatoms. The van der Waals surface area contributed by atoms with Crippen LogP contribution in [0, 0.1) is 0 Å². The molecule has 0 bridgehead atoms. The van der Waals surface area contributed by atoms with Gasteiger partial charge in [0.15, 0.2) is 0 Å². The molecule has 0 spiro atoms. The van der Waals surface area contributed by atoms with E-state index in [2.05, 4.69) is 86.2 Å². The van der Waals surface area contributed by atoms with Crippen LogP contribution in [0.5, 0.6) is 0 Å². The van der Waals surface area contributed by atoms with Gasteiger partial charge in [-0.2, -0.15) is 0 Å². The maximum Gasteiger partial charge on any atom is 0.407 e. The number of aromatic nitrogens is 4. The predicted molar refractivity (Wildman–Crippen MR) is 249 cm³/mol.